The minimum atomic E-state index is -0.317. The van der Waals surface area contributed by atoms with Crippen molar-refractivity contribution in [3.05, 3.63) is 90.3 Å². The Labute approximate surface area is 203 Å². The van der Waals surface area contributed by atoms with Crippen molar-refractivity contribution < 1.29 is 28.2 Å². The lowest BCUT2D eigenvalue weighted by Crippen LogP contribution is -2.05. The molecular formula is C28H25NO6. The number of allylic oxidation sites excluding steroid dienone is 1. The van der Waals surface area contributed by atoms with Crippen LogP contribution in [0.15, 0.2) is 77.7 Å². The smallest absolute Gasteiger partial charge is 0.231 e. The topological polar surface area (TPSA) is 80.0 Å². The number of para-hydroxylation sites is 2. The maximum atomic E-state index is 13.8. The Bertz CT molecular complexity index is 1330. The van der Waals surface area contributed by atoms with Gasteiger partial charge in [-0.15, -0.1) is 0 Å². The Morgan fingerprint density at radius 2 is 1.66 bits per heavy atom. The van der Waals surface area contributed by atoms with E-state index in [-0.39, 0.29) is 17.2 Å². The van der Waals surface area contributed by atoms with Crippen LogP contribution in [0.3, 0.4) is 0 Å². The number of ether oxygens (including phenoxy) is 4. The molecule has 0 aliphatic rings. The molecule has 1 heterocycles. The second-order valence-corrected chi connectivity index (χ2v) is 7.46. The van der Waals surface area contributed by atoms with Crippen LogP contribution in [0.5, 0.6) is 23.0 Å². The Balaban J connectivity index is 1.82. The Hall–Kier alpha value is -4.52. The standard InChI is InChI=1S/C28H25NO6/c1-5-14-34-20-12-10-18(11-13-20)15-21(28-29-22-8-6-7-9-23(22)35-28)26(30)19-16-24(31-2)27(33-4)25(17-19)32-3/h5-13,15-17H,1,14H2,2-4H3. The number of rotatable bonds is 10. The molecule has 7 heteroatoms. The van der Waals surface area contributed by atoms with Crippen molar-refractivity contribution in [3.63, 3.8) is 0 Å². The van der Waals surface area contributed by atoms with E-state index in [1.807, 2.05) is 42.5 Å². The highest BCUT2D eigenvalue weighted by Gasteiger charge is 2.24. The molecule has 0 unspecified atom stereocenters. The first-order chi connectivity index (χ1) is 17.1. The highest BCUT2D eigenvalue weighted by Crippen LogP contribution is 2.39. The normalized spacial score (nSPS) is 11.2. The average Bonchev–Trinajstić information content (AvgIpc) is 3.33. The van der Waals surface area contributed by atoms with Gasteiger partial charge in [-0.1, -0.05) is 36.9 Å². The van der Waals surface area contributed by atoms with Crippen molar-refractivity contribution in [2.45, 2.75) is 0 Å². The number of carbonyl (C=O) groups is 1. The third-order valence-electron chi connectivity index (χ3n) is 5.25. The van der Waals surface area contributed by atoms with Gasteiger partial charge < -0.3 is 23.4 Å². The van der Waals surface area contributed by atoms with E-state index in [2.05, 4.69) is 11.6 Å². The Kier molecular flexibility index (Phi) is 7.16. The van der Waals surface area contributed by atoms with Gasteiger partial charge in [-0.3, -0.25) is 4.79 Å². The fourth-order valence-electron chi connectivity index (χ4n) is 3.56. The van der Waals surface area contributed by atoms with E-state index in [9.17, 15) is 4.79 Å². The molecule has 4 aromatic rings. The molecule has 35 heavy (non-hydrogen) atoms. The van der Waals surface area contributed by atoms with Gasteiger partial charge in [-0.05, 0) is 48.0 Å². The minimum absolute atomic E-state index is 0.205. The van der Waals surface area contributed by atoms with Gasteiger partial charge in [0.1, 0.15) is 17.9 Å². The molecule has 1 aromatic heterocycles. The molecule has 0 aliphatic carbocycles. The Morgan fingerprint density at radius 3 is 2.26 bits per heavy atom. The minimum Gasteiger partial charge on any atom is -0.493 e. The number of methoxy groups -OCH3 is 3. The first-order valence-corrected chi connectivity index (χ1v) is 10.8. The number of hydrogen-bond acceptors (Lipinski definition) is 7. The van der Waals surface area contributed by atoms with Gasteiger partial charge in [0.2, 0.25) is 11.6 Å². The third kappa shape index (κ3) is 5.04. The number of benzene rings is 3. The van der Waals surface area contributed by atoms with Gasteiger partial charge in [0.25, 0.3) is 0 Å². The number of fused-ring (bicyclic) bond motifs is 1. The fraction of sp³-hybridized carbons (Fsp3) is 0.143. The monoisotopic (exact) mass is 471 g/mol. The summed E-state index contributed by atoms with van der Waals surface area (Å²) in [6, 6.07) is 17.9. The molecule has 0 N–H and O–H groups in total. The van der Waals surface area contributed by atoms with Crippen LogP contribution in [0.1, 0.15) is 21.8 Å². The molecule has 0 fully saturated rings. The molecule has 0 atom stereocenters. The molecule has 0 aliphatic heterocycles. The number of oxazole rings is 1. The quantitative estimate of drug-likeness (QED) is 0.163. The second kappa shape index (κ2) is 10.6. The molecule has 0 amide bonds. The maximum Gasteiger partial charge on any atom is 0.231 e. The third-order valence-corrected chi connectivity index (χ3v) is 5.25. The van der Waals surface area contributed by atoms with Gasteiger partial charge in [0.05, 0.1) is 26.9 Å². The average molecular weight is 472 g/mol. The largest absolute Gasteiger partial charge is 0.493 e. The summed E-state index contributed by atoms with van der Waals surface area (Å²) >= 11 is 0. The number of ketones is 1. The van der Waals surface area contributed by atoms with Crippen molar-refractivity contribution in [1.82, 2.24) is 4.98 Å². The SMILES string of the molecule is C=CCOc1ccc(C=C(C(=O)c2cc(OC)c(OC)c(OC)c2)c2nc3ccccc3o2)cc1. The number of hydrogen-bond donors (Lipinski definition) is 0. The van der Waals surface area contributed by atoms with Crippen LogP contribution in [0.2, 0.25) is 0 Å². The zero-order chi connectivity index (χ0) is 24.8. The van der Waals surface area contributed by atoms with Gasteiger partial charge in [-0.2, -0.15) is 0 Å². The second-order valence-electron chi connectivity index (χ2n) is 7.46. The number of Topliss-reactive ketones (excluding diaryl/α,β-unsaturated/α-hetero) is 1. The lowest BCUT2D eigenvalue weighted by atomic mass is 9.99. The summed E-state index contributed by atoms with van der Waals surface area (Å²) in [5.74, 6) is 1.72. The first-order valence-electron chi connectivity index (χ1n) is 10.8. The van der Waals surface area contributed by atoms with E-state index in [1.54, 1.807) is 30.4 Å². The number of nitrogens with zero attached hydrogens (tertiary/aromatic N) is 1. The molecule has 0 radical (unpaired) electrons. The molecule has 7 nitrogen and oxygen atoms in total. The molecule has 4 rings (SSSR count). The summed E-state index contributed by atoms with van der Waals surface area (Å²) in [5.41, 5.74) is 2.61. The van der Waals surface area contributed by atoms with E-state index in [0.717, 1.165) is 5.56 Å². The summed E-state index contributed by atoms with van der Waals surface area (Å²) in [6.07, 6.45) is 3.41. The summed E-state index contributed by atoms with van der Waals surface area (Å²) in [4.78, 5) is 18.4. The van der Waals surface area contributed by atoms with E-state index in [0.29, 0.717) is 46.3 Å². The van der Waals surface area contributed by atoms with Crippen molar-refractivity contribution in [2.75, 3.05) is 27.9 Å². The van der Waals surface area contributed by atoms with Crippen LogP contribution in [0.4, 0.5) is 0 Å². The maximum absolute atomic E-state index is 13.8. The number of aromatic nitrogens is 1. The molecular weight excluding hydrogens is 446 g/mol. The van der Waals surface area contributed by atoms with Crippen LogP contribution in [-0.4, -0.2) is 38.7 Å². The molecule has 0 saturated carbocycles. The van der Waals surface area contributed by atoms with Gasteiger partial charge in [-0.25, -0.2) is 4.98 Å². The lowest BCUT2D eigenvalue weighted by Gasteiger charge is -2.14. The van der Waals surface area contributed by atoms with E-state index in [4.69, 9.17) is 23.4 Å². The number of carbonyl (C=O) groups excluding carboxylic acids is 1. The molecule has 3 aromatic carbocycles. The zero-order valence-corrected chi connectivity index (χ0v) is 19.7. The van der Waals surface area contributed by atoms with Crippen LogP contribution in [-0.2, 0) is 0 Å². The van der Waals surface area contributed by atoms with Crippen molar-refractivity contribution in [3.8, 4) is 23.0 Å². The van der Waals surface area contributed by atoms with Crippen LogP contribution < -0.4 is 18.9 Å². The zero-order valence-electron chi connectivity index (χ0n) is 19.7. The predicted octanol–water partition coefficient (Wildman–Crippen LogP) is 5.84. The highest BCUT2D eigenvalue weighted by molar-refractivity contribution is 6.31. The Morgan fingerprint density at radius 1 is 0.971 bits per heavy atom. The predicted molar refractivity (Wildman–Crippen MR) is 134 cm³/mol. The summed E-state index contributed by atoms with van der Waals surface area (Å²) < 4.78 is 27.8. The van der Waals surface area contributed by atoms with Crippen LogP contribution in [0, 0.1) is 0 Å². The van der Waals surface area contributed by atoms with Gasteiger partial charge >= 0.3 is 0 Å². The fourth-order valence-corrected chi connectivity index (χ4v) is 3.56. The van der Waals surface area contributed by atoms with Crippen molar-refractivity contribution >= 4 is 28.5 Å². The van der Waals surface area contributed by atoms with E-state index < -0.39 is 0 Å². The highest BCUT2D eigenvalue weighted by atomic mass is 16.5. The molecule has 0 saturated heterocycles. The van der Waals surface area contributed by atoms with Crippen molar-refractivity contribution in [2.24, 2.45) is 0 Å². The first kappa shape index (κ1) is 23.6. The van der Waals surface area contributed by atoms with Crippen molar-refractivity contribution in [1.29, 1.82) is 0 Å². The molecule has 0 bridgehead atoms. The lowest BCUT2D eigenvalue weighted by molar-refractivity contribution is 0.105. The van der Waals surface area contributed by atoms with Crippen LogP contribution >= 0.6 is 0 Å². The summed E-state index contributed by atoms with van der Waals surface area (Å²) in [7, 11) is 4.51. The summed E-state index contributed by atoms with van der Waals surface area (Å²) in [5, 5.41) is 0. The van der Waals surface area contributed by atoms with Gasteiger partial charge in [0, 0.05) is 5.56 Å². The van der Waals surface area contributed by atoms with Gasteiger partial charge in [0.15, 0.2) is 22.9 Å². The van der Waals surface area contributed by atoms with E-state index >= 15 is 0 Å². The summed E-state index contributed by atoms with van der Waals surface area (Å²) in [6.45, 7) is 4.06. The van der Waals surface area contributed by atoms with E-state index in [1.165, 1.54) is 21.3 Å². The molecule has 178 valence electrons. The molecule has 0 spiro atoms. The van der Waals surface area contributed by atoms with Crippen LogP contribution in [0.25, 0.3) is 22.7 Å².